The van der Waals surface area contributed by atoms with Crippen LogP contribution in [0, 0.1) is 0 Å². The summed E-state index contributed by atoms with van der Waals surface area (Å²) in [4.78, 5) is 34.1. The largest absolute Gasteiger partial charge is 0.342 e. The fraction of sp³-hybridized carbons (Fsp3) is 0.286. The Labute approximate surface area is 160 Å². The highest BCUT2D eigenvalue weighted by Gasteiger charge is 2.24. The first kappa shape index (κ1) is 16.8. The van der Waals surface area contributed by atoms with Crippen LogP contribution in [-0.2, 0) is 13.6 Å². The number of aromatic amines is 1. The quantitative estimate of drug-likeness (QED) is 0.596. The van der Waals surface area contributed by atoms with Gasteiger partial charge in [-0.2, -0.15) is 4.98 Å². The normalized spacial score (nSPS) is 14.4. The fourth-order valence-corrected chi connectivity index (χ4v) is 4.13. The van der Waals surface area contributed by atoms with Crippen molar-refractivity contribution in [3.05, 3.63) is 68.9 Å². The maximum absolute atomic E-state index is 12.7. The minimum absolute atomic E-state index is 0.392. The first-order chi connectivity index (χ1) is 13.6. The van der Waals surface area contributed by atoms with E-state index < -0.39 is 11.2 Å². The monoisotopic (exact) mass is 375 g/mol. The molecule has 2 aromatic carbocycles. The minimum atomic E-state index is -0.444. The lowest BCUT2D eigenvalue weighted by Crippen LogP contribution is -2.29. The molecule has 7 heteroatoms. The number of nitrogens with zero attached hydrogens (tertiary/aromatic N) is 4. The van der Waals surface area contributed by atoms with Crippen molar-refractivity contribution in [2.45, 2.75) is 19.4 Å². The second-order valence-electron chi connectivity index (χ2n) is 7.32. The van der Waals surface area contributed by atoms with Crippen molar-refractivity contribution < 1.29 is 0 Å². The van der Waals surface area contributed by atoms with Crippen molar-refractivity contribution in [1.82, 2.24) is 19.1 Å². The fourth-order valence-electron chi connectivity index (χ4n) is 4.13. The van der Waals surface area contributed by atoms with Gasteiger partial charge in [0, 0.05) is 20.1 Å². The van der Waals surface area contributed by atoms with Gasteiger partial charge in [0.1, 0.15) is 0 Å². The topological polar surface area (TPSA) is 75.9 Å². The zero-order valence-electron chi connectivity index (χ0n) is 15.7. The summed E-state index contributed by atoms with van der Waals surface area (Å²) in [6.07, 6.45) is 2.21. The molecule has 2 aromatic heterocycles. The summed E-state index contributed by atoms with van der Waals surface area (Å²) in [6, 6.07) is 14.4. The molecule has 0 amide bonds. The van der Waals surface area contributed by atoms with Gasteiger partial charge in [-0.15, -0.1) is 0 Å². The van der Waals surface area contributed by atoms with E-state index in [1.54, 1.807) is 7.05 Å². The predicted molar refractivity (Wildman–Crippen MR) is 110 cm³/mol. The first-order valence-corrected chi connectivity index (χ1v) is 9.54. The molecule has 1 aliphatic rings. The van der Waals surface area contributed by atoms with Gasteiger partial charge in [0.25, 0.3) is 5.56 Å². The highest BCUT2D eigenvalue weighted by atomic mass is 16.2. The third kappa shape index (κ3) is 2.54. The van der Waals surface area contributed by atoms with Gasteiger partial charge >= 0.3 is 5.69 Å². The van der Waals surface area contributed by atoms with Crippen molar-refractivity contribution in [3.63, 3.8) is 0 Å². The van der Waals surface area contributed by atoms with Crippen LogP contribution in [-0.4, -0.2) is 32.2 Å². The summed E-state index contributed by atoms with van der Waals surface area (Å²) in [5.74, 6) is 0.757. The molecule has 1 fully saturated rings. The van der Waals surface area contributed by atoms with Crippen LogP contribution < -0.4 is 16.1 Å². The maximum atomic E-state index is 12.7. The van der Waals surface area contributed by atoms with Crippen LogP contribution in [0.4, 0.5) is 5.95 Å². The molecule has 5 rings (SSSR count). The summed E-state index contributed by atoms with van der Waals surface area (Å²) in [7, 11) is 1.64. The Morgan fingerprint density at radius 3 is 2.61 bits per heavy atom. The molecule has 0 spiro atoms. The second kappa shape index (κ2) is 6.37. The van der Waals surface area contributed by atoms with Gasteiger partial charge in [-0.05, 0) is 29.2 Å². The molecule has 0 atom stereocenters. The number of hydrogen-bond acceptors (Lipinski definition) is 4. The van der Waals surface area contributed by atoms with Gasteiger partial charge < -0.3 is 4.90 Å². The maximum Gasteiger partial charge on any atom is 0.329 e. The minimum Gasteiger partial charge on any atom is -0.342 e. The van der Waals surface area contributed by atoms with Gasteiger partial charge in [-0.3, -0.25) is 18.9 Å². The molecule has 1 N–H and O–H groups in total. The molecular formula is C21H21N5O2. The van der Waals surface area contributed by atoms with Gasteiger partial charge in [-0.25, -0.2) is 4.79 Å². The molecule has 0 saturated carbocycles. The lowest BCUT2D eigenvalue weighted by Gasteiger charge is -2.19. The number of aryl methyl sites for hydroxylation is 1. The van der Waals surface area contributed by atoms with Gasteiger partial charge in [-0.1, -0.05) is 42.5 Å². The van der Waals surface area contributed by atoms with E-state index >= 15 is 0 Å². The number of fused-ring (bicyclic) bond motifs is 2. The lowest BCUT2D eigenvalue weighted by atomic mass is 10.0. The predicted octanol–water partition coefficient (Wildman–Crippen LogP) is 2.22. The van der Waals surface area contributed by atoms with E-state index in [9.17, 15) is 9.59 Å². The van der Waals surface area contributed by atoms with E-state index in [1.807, 2.05) is 22.8 Å². The van der Waals surface area contributed by atoms with E-state index in [0.717, 1.165) is 48.2 Å². The summed E-state index contributed by atoms with van der Waals surface area (Å²) in [6.45, 7) is 2.33. The van der Waals surface area contributed by atoms with Crippen molar-refractivity contribution in [2.24, 2.45) is 7.05 Å². The van der Waals surface area contributed by atoms with Crippen LogP contribution in [0.15, 0.2) is 52.1 Å². The highest BCUT2D eigenvalue weighted by molar-refractivity contribution is 5.86. The number of aromatic nitrogens is 4. The van der Waals surface area contributed by atoms with Crippen LogP contribution in [0.2, 0.25) is 0 Å². The number of imidazole rings is 1. The summed E-state index contributed by atoms with van der Waals surface area (Å²) < 4.78 is 3.37. The second-order valence-corrected chi connectivity index (χ2v) is 7.32. The zero-order valence-corrected chi connectivity index (χ0v) is 15.7. The van der Waals surface area contributed by atoms with E-state index in [-0.39, 0.29) is 0 Å². The highest BCUT2D eigenvalue weighted by Crippen LogP contribution is 2.26. The zero-order chi connectivity index (χ0) is 19.3. The molecule has 142 valence electrons. The van der Waals surface area contributed by atoms with Crippen molar-refractivity contribution >= 4 is 27.9 Å². The van der Waals surface area contributed by atoms with Crippen LogP contribution in [0.5, 0.6) is 0 Å². The molecule has 0 radical (unpaired) electrons. The Hall–Kier alpha value is -3.35. The SMILES string of the molecule is Cn1c(=O)[nH]c(=O)c2c1nc(N1CCCC1)n2Cc1cccc2ccccc12. The smallest absolute Gasteiger partial charge is 0.329 e. The summed E-state index contributed by atoms with van der Waals surface area (Å²) >= 11 is 0. The number of H-pyrrole nitrogens is 1. The van der Waals surface area contributed by atoms with Crippen molar-refractivity contribution in [3.8, 4) is 0 Å². The number of nitrogens with one attached hydrogen (secondary N) is 1. The Morgan fingerprint density at radius 2 is 1.79 bits per heavy atom. The first-order valence-electron chi connectivity index (χ1n) is 9.54. The molecule has 0 unspecified atom stereocenters. The van der Waals surface area contributed by atoms with E-state index in [1.165, 1.54) is 4.57 Å². The van der Waals surface area contributed by atoms with Crippen LogP contribution in [0.3, 0.4) is 0 Å². The Balaban J connectivity index is 1.77. The Bertz CT molecular complexity index is 1300. The third-order valence-corrected chi connectivity index (χ3v) is 5.58. The van der Waals surface area contributed by atoms with Crippen LogP contribution >= 0.6 is 0 Å². The van der Waals surface area contributed by atoms with Gasteiger partial charge in [0.15, 0.2) is 11.2 Å². The molecular weight excluding hydrogens is 354 g/mol. The van der Waals surface area contributed by atoms with Crippen LogP contribution in [0.25, 0.3) is 21.9 Å². The van der Waals surface area contributed by atoms with E-state index in [4.69, 9.17) is 4.98 Å². The molecule has 1 aliphatic heterocycles. The van der Waals surface area contributed by atoms with E-state index in [0.29, 0.717) is 17.7 Å². The van der Waals surface area contributed by atoms with Gasteiger partial charge in [0.05, 0.1) is 6.54 Å². The van der Waals surface area contributed by atoms with Crippen molar-refractivity contribution in [1.29, 1.82) is 0 Å². The molecule has 3 heterocycles. The standard InChI is InChI=1S/C21H21N5O2/c1-24-18-17(19(27)23-21(24)28)26(20(22-18)25-11-4-5-12-25)13-15-9-6-8-14-7-2-3-10-16(14)15/h2-3,6-10H,4-5,11-13H2,1H3,(H,23,27,28). The average Bonchev–Trinajstić information content (AvgIpc) is 3.35. The number of anilines is 1. The average molecular weight is 375 g/mol. The number of benzene rings is 2. The Morgan fingerprint density at radius 1 is 1.04 bits per heavy atom. The van der Waals surface area contributed by atoms with Crippen molar-refractivity contribution in [2.75, 3.05) is 18.0 Å². The summed E-state index contributed by atoms with van der Waals surface area (Å²) in [5, 5.41) is 2.31. The molecule has 0 bridgehead atoms. The molecule has 0 aliphatic carbocycles. The number of rotatable bonds is 3. The lowest BCUT2D eigenvalue weighted by molar-refractivity contribution is 0.775. The molecule has 4 aromatic rings. The molecule has 1 saturated heterocycles. The Kier molecular flexibility index (Phi) is 3.82. The molecule has 28 heavy (non-hydrogen) atoms. The van der Waals surface area contributed by atoms with E-state index in [2.05, 4.69) is 34.1 Å². The van der Waals surface area contributed by atoms with Gasteiger partial charge in [0.2, 0.25) is 5.95 Å². The van der Waals surface area contributed by atoms with Crippen LogP contribution in [0.1, 0.15) is 18.4 Å². The number of hydrogen-bond donors (Lipinski definition) is 1. The molecule has 7 nitrogen and oxygen atoms in total. The third-order valence-electron chi connectivity index (χ3n) is 5.58. The summed E-state index contributed by atoms with van der Waals surface area (Å²) in [5.41, 5.74) is 1.15.